The van der Waals surface area contributed by atoms with Crippen LogP contribution in [0.3, 0.4) is 0 Å². The second-order valence-corrected chi connectivity index (χ2v) is 5.82. The number of hydrogen-bond acceptors (Lipinski definition) is 6. The van der Waals surface area contributed by atoms with Crippen molar-refractivity contribution in [1.29, 1.82) is 0 Å². The third-order valence-electron chi connectivity index (χ3n) is 3.98. The van der Waals surface area contributed by atoms with E-state index in [1.807, 2.05) is 0 Å². The summed E-state index contributed by atoms with van der Waals surface area (Å²) in [6.07, 6.45) is 2.75. The molecule has 0 spiro atoms. The largest absolute Gasteiger partial charge is 0.467 e. The summed E-state index contributed by atoms with van der Waals surface area (Å²) in [6.45, 7) is 0.0200. The Balaban J connectivity index is 1.96. The van der Waals surface area contributed by atoms with Gasteiger partial charge in [0.25, 0.3) is 17.2 Å². The van der Waals surface area contributed by atoms with Gasteiger partial charge >= 0.3 is 0 Å². The number of hydrogen-bond donors (Lipinski definition) is 1. The van der Waals surface area contributed by atoms with E-state index in [-0.39, 0.29) is 17.8 Å². The van der Waals surface area contributed by atoms with Crippen molar-refractivity contribution in [3.8, 4) is 0 Å². The number of Topliss-reactive ketones (excluding diaryl/α,β-unsaturated/α-hetero) is 1. The van der Waals surface area contributed by atoms with E-state index >= 15 is 0 Å². The number of ketones is 1. The van der Waals surface area contributed by atoms with Crippen LogP contribution in [0.2, 0.25) is 0 Å². The van der Waals surface area contributed by atoms with E-state index in [0.29, 0.717) is 5.76 Å². The molecule has 3 aromatic rings. The van der Waals surface area contributed by atoms with Crippen LogP contribution in [0.4, 0.5) is 5.69 Å². The van der Waals surface area contributed by atoms with Crippen LogP contribution in [0.15, 0.2) is 76.3 Å². The first-order valence-corrected chi connectivity index (χ1v) is 8.23. The van der Waals surface area contributed by atoms with Gasteiger partial charge in [-0.1, -0.05) is 18.2 Å². The molecule has 1 aromatic carbocycles. The molecule has 1 amide bonds. The highest BCUT2D eigenvalue weighted by atomic mass is 16.6. The molecule has 0 aliphatic rings. The maximum absolute atomic E-state index is 13.0. The lowest BCUT2D eigenvalue weighted by Gasteiger charge is -2.18. The van der Waals surface area contributed by atoms with Crippen molar-refractivity contribution >= 4 is 17.4 Å². The van der Waals surface area contributed by atoms with Crippen molar-refractivity contribution in [3.63, 3.8) is 0 Å². The summed E-state index contributed by atoms with van der Waals surface area (Å²) < 4.78 is 6.12. The molecule has 9 heteroatoms. The van der Waals surface area contributed by atoms with Gasteiger partial charge < -0.3 is 9.73 Å². The van der Waals surface area contributed by atoms with E-state index in [2.05, 4.69) is 5.32 Å². The fraction of sp³-hybridized carbons (Fsp3) is 0.105. The van der Waals surface area contributed by atoms with Crippen LogP contribution < -0.4 is 10.9 Å². The molecule has 0 fully saturated rings. The quantitative estimate of drug-likeness (QED) is 0.289. The fourth-order valence-corrected chi connectivity index (χ4v) is 2.64. The predicted molar refractivity (Wildman–Crippen MR) is 97.7 cm³/mol. The van der Waals surface area contributed by atoms with Crippen molar-refractivity contribution in [2.45, 2.75) is 12.6 Å². The lowest BCUT2D eigenvalue weighted by atomic mass is 10.0. The first kappa shape index (κ1) is 18.8. The van der Waals surface area contributed by atoms with Crippen molar-refractivity contribution in [1.82, 2.24) is 9.88 Å². The highest BCUT2D eigenvalue weighted by Gasteiger charge is 2.30. The van der Waals surface area contributed by atoms with Crippen molar-refractivity contribution in [2.75, 3.05) is 0 Å². The monoisotopic (exact) mass is 381 g/mol. The van der Waals surface area contributed by atoms with Crippen molar-refractivity contribution in [2.24, 2.45) is 0 Å². The molecule has 142 valence electrons. The Morgan fingerprint density at radius 1 is 1.14 bits per heavy atom. The summed E-state index contributed by atoms with van der Waals surface area (Å²) in [7, 11) is 0. The molecule has 2 aromatic heterocycles. The summed E-state index contributed by atoms with van der Waals surface area (Å²) in [6, 6.07) is 11.0. The average molecular weight is 381 g/mol. The first-order chi connectivity index (χ1) is 13.5. The Kier molecular flexibility index (Phi) is 5.45. The van der Waals surface area contributed by atoms with Crippen molar-refractivity contribution in [3.05, 3.63) is 98.8 Å². The van der Waals surface area contributed by atoms with Crippen LogP contribution in [0.5, 0.6) is 0 Å². The highest BCUT2D eigenvalue weighted by molar-refractivity contribution is 6.12. The smallest absolute Gasteiger partial charge is 0.270 e. The summed E-state index contributed by atoms with van der Waals surface area (Å²) in [5.41, 5.74) is -0.900. The van der Waals surface area contributed by atoms with Gasteiger partial charge in [0.05, 0.1) is 17.7 Å². The van der Waals surface area contributed by atoms with Crippen LogP contribution in [0, 0.1) is 10.1 Å². The summed E-state index contributed by atoms with van der Waals surface area (Å²) in [5, 5.41) is 13.5. The number of pyridine rings is 1. The van der Waals surface area contributed by atoms with Crippen LogP contribution >= 0.6 is 0 Å². The zero-order chi connectivity index (χ0) is 20.1. The Morgan fingerprint density at radius 2 is 1.96 bits per heavy atom. The number of benzene rings is 1. The number of rotatable bonds is 7. The number of carbonyl (C=O) groups is 2. The number of non-ortho nitro benzene ring substituents is 1. The first-order valence-electron chi connectivity index (χ1n) is 8.23. The summed E-state index contributed by atoms with van der Waals surface area (Å²) in [4.78, 5) is 48.3. The Hall–Kier alpha value is -4.01. The number of carbonyl (C=O) groups excluding carboxylic acids is 2. The van der Waals surface area contributed by atoms with E-state index in [1.165, 1.54) is 48.9 Å². The number of amides is 1. The van der Waals surface area contributed by atoms with Gasteiger partial charge in [0.1, 0.15) is 5.76 Å². The minimum atomic E-state index is -1.52. The minimum Gasteiger partial charge on any atom is -0.467 e. The van der Waals surface area contributed by atoms with Gasteiger partial charge in [-0.3, -0.25) is 29.1 Å². The maximum atomic E-state index is 13.0. The maximum Gasteiger partial charge on any atom is 0.270 e. The lowest BCUT2D eigenvalue weighted by molar-refractivity contribution is -0.384. The zero-order valence-corrected chi connectivity index (χ0v) is 14.5. The van der Waals surface area contributed by atoms with Crippen LogP contribution in [-0.2, 0) is 11.3 Å². The SMILES string of the molecule is O=C(NCc1ccco1)C(C(=O)c1cccc([N+](=O)[O-])c1)n1ccccc1=O. The van der Waals surface area contributed by atoms with Gasteiger partial charge in [-0.2, -0.15) is 0 Å². The third-order valence-corrected chi connectivity index (χ3v) is 3.98. The molecule has 1 N–H and O–H groups in total. The number of nitro benzene ring substituents is 1. The third kappa shape index (κ3) is 4.04. The molecule has 0 bridgehead atoms. The molecule has 2 heterocycles. The standard InChI is InChI=1S/C19H15N3O6/c23-16-8-1-2-9-21(16)17(19(25)20-12-15-7-4-10-28-15)18(24)13-5-3-6-14(11-13)22(26)27/h1-11,17H,12H2,(H,20,25). The molecular formula is C19H15N3O6. The number of nitrogens with zero attached hydrogens (tertiary/aromatic N) is 2. The second-order valence-electron chi connectivity index (χ2n) is 5.82. The number of nitrogens with one attached hydrogen (secondary N) is 1. The molecule has 9 nitrogen and oxygen atoms in total. The number of aromatic nitrogens is 1. The van der Waals surface area contributed by atoms with Crippen molar-refractivity contribution < 1.29 is 18.9 Å². The number of furan rings is 1. The highest BCUT2D eigenvalue weighted by Crippen LogP contribution is 2.19. The molecule has 28 heavy (non-hydrogen) atoms. The number of nitro groups is 1. The molecule has 0 saturated heterocycles. The van der Waals surface area contributed by atoms with Gasteiger partial charge in [0, 0.05) is 30.0 Å². The molecule has 0 aliphatic carbocycles. The van der Waals surface area contributed by atoms with Crippen LogP contribution in [-0.4, -0.2) is 21.2 Å². The topological polar surface area (TPSA) is 124 Å². The van der Waals surface area contributed by atoms with E-state index in [9.17, 15) is 24.5 Å². The van der Waals surface area contributed by atoms with E-state index < -0.39 is 28.2 Å². The molecule has 1 atom stereocenters. The Labute approximate surface area is 158 Å². The molecular weight excluding hydrogens is 366 g/mol. The fourth-order valence-electron chi connectivity index (χ4n) is 2.64. The van der Waals surface area contributed by atoms with E-state index in [0.717, 1.165) is 10.6 Å². The van der Waals surface area contributed by atoms with E-state index in [1.54, 1.807) is 12.1 Å². The molecule has 1 unspecified atom stereocenters. The Bertz CT molecular complexity index is 1070. The normalized spacial score (nSPS) is 11.6. The summed E-state index contributed by atoms with van der Waals surface area (Å²) >= 11 is 0. The second kappa shape index (κ2) is 8.12. The van der Waals surface area contributed by atoms with Gasteiger partial charge in [-0.05, 0) is 18.2 Å². The molecule has 0 saturated carbocycles. The zero-order valence-electron chi connectivity index (χ0n) is 14.5. The van der Waals surface area contributed by atoms with Crippen LogP contribution in [0.25, 0.3) is 0 Å². The van der Waals surface area contributed by atoms with Crippen LogP contribution in [0.1, 0.15) is 22.2 Å². The predicted octanol–water partition coefficient (Wildman–Crippen LogP) is 2.09. The minimum absolute atomic E-state index is 0.0200. The Morgan fingerprint density at radius 3 is 2.64 bits per heavy atom. The molecule has 0 radical (unpaired) electrons. The molecule has 0 aliphatic heterocycles. The summed E-state index contributed by atoms with van der Waals surface area (Å²) in [5.74, 6) is -1.01. The van der Waals surface area contributed by atoms with Gasteiger partial charge in [-0.15, -0.1) is 0 Å². The van der Waals surface area contributed by atoms with Gasteiger partial charge in [-0.25, -0.2) is 0 Å². The average Bonchev–Trinajstić information content (AvgIpc) is 3.21. The van der Waals surface area contributed by atoms with Gasteiger partial charge in [0.15, 0.2) is 11.8 Å². The lowest BCUT2D eigenvalue weighted by Crippen LogP contribution is -2.41. The molecule has 3 rings (SSSR count). The van der Waals surface area contributed by atoms with E-state index in [4.69, 9.17) is 4.42 Å². The van der Waals surface area contributed by atoms with Gasteiger partial charge in [0.2, 0.25) is 0 Å².